The quantitative estimate of drug-likeness (QED) is 0.416. The second kappa shape index (κ2) is 4.11. The van der Waals surface area contributed by atoms with Crippen molar-refractivity contribution in [2.24, 2.45) is 0 Å². The molecule has 0 aliphatic rings. The number of rotatable bonds is 3. The zero-order valence-electron chi connectivity index (χ0n) is 7.34. The van der Waals surface area contributed by atoms with Crippen LogP contribution >= 0.6 is 0 Å². The largest absolute Gasteiger partial charge is 0.298 e. The van der Waals surface area contributed by atoms with Crippen molar-refractivity contribution in [3.8, 4) is 6.07 Å². The summed E-state index contributed by atoms with van der Waals surface area (Å²) < 4.78 is 0. The van der Waals surface area contributed by atoms with Crippen molar-refractivity contribution in [1.82, 2.24) is 0 Å². The van der Waals surface area contributed by atoms with Crippen LogP contribution < -0.4 is 0 Å². The molecule has 6 heteroatoms. The van der Waals surface area contributed by atoms with Gasteiger partial charge in [-0.2, -0.15) is 5.26 Å². The molecule has 1 rings (SSSR count). The summed E-state index contributed by atoms with van der Waals surface area (Å²) in [5.74, 6) is 0. The molecule has 0 radical (unpaired) electrons. The van der Waals surface area contributed by atoms with Crippen molar-refractivity contribution in [1.29, 1.82) is 5.26 Å². The van der Waals surface area contributed by atoms with Gasteiger partial charge in [0.15, 0.2) is 12.6 Å². The first-order valence-corrected chi connectivity index (χ1v) is 3.77. The summed E-state index contributed by atoms with van der Waals surface area (Å²) in [5, 5.41) is 19.1. The molecule has 74 valence electrons. The smallest absolute Gasteiger partial charge is 0.287 e. The van der Waals surface area contributed by atoms with Crippen LogP contribution in [-0.4, -0.2) is 17.5 Å². The number of nitro groups is 1. The van der Waals surface area contributed by atoms with Gasteiger partial charge in [0, 0.05) is 17.2 Å². The third-order valence-corrected chi connectivity index (χ3v) is 1.77. The van der Waals surface area contributed by atoms with E-state index in [1.165, 1.54) is 0 Å². The van der Waals surface area contributed by atoms with Gasteiger partial charge in [0.05, 0.1) is 4.92 Å². The Balaban J connectivity index is 3.56. The molecule has 0 aromatic heterocycles. The minimum atomic E-state index is -0.778. The predicted octanol–water partition coefficient (Wildman–Crippen LogP) is 1.09. The van der Waals surface area contributed by atoms with Crippen LogP contribution in [0.25, 0.3) is 0 Å². The molecule has 0 amide bonds. The van der Waals surface area contributed by atoms with E-state index in [0.717, 1.165) is 12.1 Å². The fourth-order valence-electron chi connectivity index (χ4n) is 1.07. The summed E-state index contributed by atoms with van der Waals surface area (Å²) in [4.78, 5) is 30.7. The van der Waals surface area contributed by atoms with E-state index in [4.69, 9.17) is 5.26 Å². The summed E-state index contributed by atoms with van der Waals surface area (Å²) in [6.07, 6.45) is 0.701. The molecule has 0 unspecified atom stereocenters. The van der Waals surface area contributed by atoms with E-state index < -0.39 is 10.6 Å². The zero-order valence-corrected chi connectivity index (χ0v) is 7.34. The number of nitriles is 1. The highest BCUT2D eigenvalue weighted by molar-refractivity contribution is 5.92. The number of carbonyl (C=O) groups is 2. The molecule has 6 nitrogen and oxygen atoms in total. The number of nitro benzene ring substituents is 1. The number of carbonyl (C=O) groups excluding carboxylic acids is 2. The van der Waals surface area contributed by atoms with Gasteiger partial charge in [0.2, 0.25) is 0 Å². The predicted molar refractivity (Wildman–Crippen MR) is 48.6 cm³/mol. The molecule has 15 heavy (non-hydrogen) atoms. The molecule has 1 aromatic carbocycles. The second-order valence-corrected chi connectivity index (χ2v) is 2.60. The van der Waals surface area contributed by atoms with Crippen LogP contribution in [0.5, 0.6) is 0 Å². The van der Waals surface area contributed by atoms with E-state index in [1.807, 2.05) is 0 Å². The van der Waals surface area contributed by atoms with Crippen LogP contribution in [0.4, 0.5) is 5.69 Å². The molecule has 0 bridgehead atoms. The van der Waals surface area contributed by atoms with E-state index in [1.54, 1.807) is 6.07 Å². The third-order valence-electron chi connectivity index (χ3n) is 1.77. The molecular weight excluding hydrogens is 200 g/mol. The standard InChI is InChI=1S/C9H4N2O4/c10-3-6-1-7(4-12)8(5-13)2-9(6)11(14)15/h1-2,4-5H. The van der Waals surface area contributed by atoms with E-state index in [0.29, 0.717) is 12.6 Å². The zero-order chi connectivity index (χ0) is 11.4. The maximum absolute atomic E-state index is 10.5. The van der Waals surface area contributed by atoms with E-state index in [2.05, 4.69) is 0 Å². The van der Waals surface area contributed by atoms with Crippen LogP contribution in [0.3, 0.4) is 0 Å². The van der Waals surface area contributed by atoms with Crippen LogP contribution in [0, 0.1) is 21.4 Å². The number of benzene rings is 1. The van der Waals surface area contributed by atoms with Gasteiger partial charge in [-0.1, -0.05) is 0 Å². The summed E-state index contributed by atoms with van der Waals surface area (Å²) in [7, 11) is 0. The maximum Gasteiger partial charge on any atom is 0.287 e. The van der Waals surface area contributed by atoms with E-state index in [-0.39, 0.29) is 16.7 Å². The molecule has 0 fully saturated rings. The Morgan fingerprint density at radius 1 is 1.27 bits per heavy atom. The molecule has 0 spiro atoms. The molecule has 1 aromatic rings. The molecular formula is C9H4N2O4. The fourth-order valence-corrected chi connectivity index (χ4v) is 1.07. The van der Waals surface area contributed by atoms with Gasteiger partial charge >= 0.3 is 0 Å². The highest BCUT2D eigenvalue weighted by Crippen LogP contribution is 2.21. The Morgan fingerprint density at radius 3 is 2.20 bits per heavy atom. The maximum atomic E-state index is 10.5. The molecule has 0 aliphatic carbocycles. The Bertz CT molecular complexity index is 488. The van der Waals surface area contributed by atoms with Crippen molar-refractivity contribution in [2.45, 2.75) is 0 Å². The van der Waals surface area contributed by atoms with Crippen molar-refractivity contribution in [2.75, 3.05) is 0 Å². The molecule has 0 aliphatic heterocycles. The van der Waals surface area contributed by atoms with Crippen molar-refractivity contribution in [3.05, 3.63) is 38.9 Å². The lowest BCUT2D eigenvalue weighted by atomic mass is 10.0. The summed E-state index contributed by atoms with van der Waals surface area (Å²) in [6, 6.07) is 3.52. The average Bonchev–Trinajstić information content (AvgIpc) is 2.26. The highest BCUT2D eigenvalue weighted by Gasteiger charge is 2.17. The van der Waals surface area contributed by atoms with Gasteiger partial charge < -0.3 is 0 Å². The number of aldehydes is 2. The average molecular weight is 204 g/mol. The first-order chi connectivity index (χ1) is 7.13. The summed E-state index contributed by atoms with van der Waals surface area (Å²) in [6.45, 7) is 0. The van der Waals surface area contributed by atoms with Crippen molar-refractivity contribution >= 4 is 18.3 Å². The molecule has 0 atom stereocenters. The summed E-state index contributed by atoms with van der Waals surface area (Å²) in [5.41, 5.74) is -0.860. The van der Waals surface area contributed by atoms with Gasteiger partial charge in [0.1, 0.15) is 11.6 Å². The third kappa shape index (κ3) is 1.86. The minimum absolute atomic E-state index is 0.0350. The number of hydrogen-bond donors (Lipinski definition) is 0. The molecule has 0 saturated heterocycles. The first kappa shape index (κ1) is 10.5. The lowest BCUT2D eigenvalue weighted by molar-refractivity contribution is -0.385. The first-order valence-electron chi connectivity index (χ1n) is 3.77. The Hall–Kier alpha value is -2.55. The van der Waals surface area contributed by atoms with Gasteiger partial charge in [-0.3, -0.25) is 19.7 Å². The van der Waals surface area contributed by atoms with Gasteiger partial charge in [0.25, 0.3) is 5.69 Å². The molecule has 0 saturated carbocycles. The topological polar surface area (TPSA) is 101 Å². The van der Waals surface area contributed by atoms with Crippen molar-refractivity contribution in [3.63, 3.8) is 0 Å². The fraction of sp³-hybridized carbons (Fsp3) is 0. The lowest BCUT2D eigenvalue weighted by Crippen LogP contribution is -1.98. The molecule has 0 heterocycles. The lowest BCUT2D eigenvalue weighted by Gasteiger charge is -1.98. The Morgan fingerprint density at radius 2 is 1.80 bits per heavy atom. The number of nitrogens with zero attached hydrogens (tertiary/aromatic N) is 2. The SMILES string of the molecule is N#Cc1cc(C=O)c(C=O)cc1[N+](=O)[O-]. The normalized spacial score (nSPS) is 9.00. The van der Waals surface area contributed by atoms with Gasteiger partial charge in [-0.05, 0) is 6.07 Å². The van der Waals surface area contributed by atoms with Crippen LogP contribution in [0.2, 0.25) is 0 Å². The summed E-state index contributed by atoms with van der Waals surface area (Å²) >= 11 is 0. The monoisotopic (exact) mass is 204 g/mol. The molecule has 0 N–H and O–H groups in total. The van der Waals surface area contributed by atoms with Gasteiger partial charge in [-0.25, -0.2) is 0 Å². The van der Waals surface area contributed by atoms with Crippen molar-refractivity contribution < 1.29 is 14.5 Å². The Kier molecular flexibility index (Phi) is 2.88. The van der Waals surface area contributed by atoms with Crippen LogP contribution in [0.1, 0.15) is 26.3 Å². The van der Waals surface area contributed by atoms with Crippen LogP contribution in [0.15, 0.2) is 12.1 Å². The highest BCUT2D eigenvalue weighted by atomic mass is 16.6. The van der Waals surface area contributed by atoms with E-state index in [9.17, 15) is 19.7 Å². The minimum Gasteiger partial charge on any atom is -0.298 e. The van der Waals surface area contributed by atoms with E-state index >= 15 is 0 Å². The number of hydrogen-bond acceptors (Lipinski definition) is 5. The second-order valence-electron chi connectivity index (χ2n) is 2.60. The van der Waals surface area contributed by atoms with Gasteiger partial charge in [-0.15, -0.1) is 0 Å². The van der Waals surface area contributed by atoms with Crippen LogP contribution in [-0.2, 0) is 0 Å². The Labute approximate surface area is 83.9 Å².